The summed E-state index contributed by atoms with van der Waals surface area (Å²) in [6.45, 7) is 10.2. The Balaban J connectivity index is 1.28. The molecule has 2 amide bonds. The number of rotatable bonds is 8. The van der Waals surface area contributed by atoms with Crippen molar-refractivity contribution in [3.05, 3.63) is 65.6 Å². The zero-order valence-corrected chi connectivity index (χ0v) is 25.5. The van der Waals surface area contributed by atoms with Crippen LogP contribution in [0.4, 0.5) is 10.7 Å². The Morgan fingerprint density at radius 3 is 2.58 bits per heavy atom. The van der Waals surface area contributed by atoms with Crippen LogP contribution in [0.1, 0.15) is 83.1 Å². The number of anilines is 1. The molecule has 1 aliphatic heterocycles. The van der Waals surface area contributed by atoms with E-state index < -0.39 is 11.4 Å². The fourth-order valence-electron chi connectivity index (χ4n) is 5.53. The van der Waals surface area contributed by atoms with Gasteiger partial charge in [-0.2, -0.15) is 4.99 Å². The highest BCUT2D eigenvalue weighted by molar-refractivity contribution is 5.99. The number of nitrogens with zero attached hydrogens (tertiary/aromatic N) is 5. The third-order valence-electron chi connectivity index (χ3n) is 7.94. The highest BCUT2D eigenvalue weighted by Crippen LogP contribution is 2.39. The number of piperidine rings is 1. The molecule has 11 nitrogen and oxygen atoms in total. The number of aliphatic imine (C=N–C) groups is 1. The third kappa shape index (κ3) is 7.27. The number of aliphatic hydroxyl groups excluding tert-OH is 1. The normalized spacial score (nSPS) is 20.2. The van der Waals surface area contributed by atoms with Crippen LogP contribution < -0.4 is 20.7 Å². The Labute approximate surface area is 252 Å². The van der Waals surface area contributed by atoms with Crippen molar-refractivity contribution in [1.29, 1.82) is 0 Å². The average Bonchev–Trinajstić information content (AvgIpc) is 3.40. The summed E-state index contributed by atoms with van der Waals surface area (Å²) < 4.78 is 14.5. The summed E-state index contributed by atoms with van der Waals surface area (Å²) in [5.41, 5.74) is 8.18. The molecule has 1 aromatic carbocycles. The Morgan fingerprint density at radius 1 is 1.12 bits per heavy atom. The predicted octanol–water partition coefficient (Wildman–Crippen LogP) is 5.63. The predicted molar refractivity (Wildman–Crippen MR) is 167 cm³/mol. The topological polar surface area (TPSA) is 140 Å². The fourth-order valence-corrected chi connectivity index (χ4v) is 5.53. The van der Waals surface area contributed by atoms with Crippen molar-refractivity contribution < 1.29 is 19.4 Å². The zero-order chi connectivity index (χ0) is 30.6. The molecule has 0 saturated carbocycles. The van der Waals surface area contributed by atoms with Gasteiger partial charge in [-0.15, -0.1) is 10.2 Å². The van der Waals surface area contributed by atoms with Gasteiger partial charge in [-0.3, -0.25) is 4.40 Å². The van der Waals surface area contributed by atoms with Gasteiger partial charge in [0.1, 0.15) is 23.4 Å². The minimum absolute atomic E-state index is 0.0480. The number of urea groups is 1. The molecule has 11 heteroatoms. The lowest BCUT2D eigenvalue weighted by Crippen LogP contribution is -2.38. The molecule has 4 N–H and O–H groups in total. The van der Waals surface area contributed by atoms with Gasteiger partial charge in [-0.1, -0.05) is 52.0 Å². The van der Waals surface area contributed by atoms with Gasteiger partial charge < -0.3 is 30.5 Å². The maximum absolute atomic E-state index is 12.7. The lowest BCUT2D eigenvalue weighted by atomic mass is 9.85. The molecule has 5 rings (SSSR count). The molecule has 1 aliphatic carbocycles. The van der Waals surface area contributed by atoms with Gasteiger partial charge in [0.25, 0.3) is 0 Å². The van der Waals surface area contributed by atoms with Gasteiger partial charge in [-0.05, 0) is 55.4 Å². The average molecular weight is 590 g/mol. The molecule has 2 aromatic heterocycles. The van der Waals surface area contributed by atoms with E-state index >= 15 is 0 Å². The summed E-state index contributed by atoms with van der Waals surface area (Å²) in [6.07, 6.45) is 7.73. The number of hydrogen-bond acceptors (Lipinski definition) is 7. The van der Waals surface area contributed by atoms with Gasteiger partial charge in [0.2, 0.25) is 5.95 Å². The molecule has 0 unspecified atom stereocenters. The van der Waals surface area contributed by atoms with E-state index in [1.54, 1.807) is 0 Å². The summed E-state index contributed by atoms with van der Waals surface area (Å²) >= 11 is 0. The van der Waals surface area contributed by atoms with Crippen molar-refractivity contribution in [3.63, 3.8) is 0 Å². The number of hydrogen-bond donors (Lipinski definition) is 3. The van der Waals surface area contributed by atoms with E-state index in [2.05, 4.69) is 32.3 Å². The summed E-state index contributed by atoms with van der Waals surface area (Å²) in [4.78, 5) is 18.9. The standard InChI is InChI=1S/C32H43N7O4/c1-5-18-42-21-14-16-38(17-15-21)31-37-36-29-13-10-22(20-39(29)31)43-26-12-11-25(23-8-6-7-9-24(23)26)34-30(41)35-28(33)19-27(40)32(2,3)4/h6-10,13,19-21,25-26,40H,5,11-12,14-18H2,1-4H3,(H3,33,34,35,41)/b27-19-/t25-,26+/m0/s1. The van der Waals surface area contributed by atoms with Crippen LogP contribution >= 0.6 is 0 Å². The van der Waals surface area contributed by atoms with Crippen molar-refractivity contribution in [3.8, 4) is 5.75 Å². The summed E-state index contributed by atoms with van der Waals surface area (Å²) in [5.74, 6) is 1.54. The molecule has 3 aromatic rings. The minimum atomic E-state index is -0.554. The number of amidine groups is 1. The molecule has 43 heavy (non-hydrogen) atoms. The first-order chi connectivity index (χ1) is 20.6. The first kappa shape index (κ1) is 30.3. The SMILES string of the molecule is CCCOC1CCN(c2nnc3ccc(O[C@@H]4CC[C@H](NC(=O)/N=C(N)\C=C(/O)C(C)(C)C)c5ccccc54)cn23)CC1. The number of carbonyl (C=O) groups excluding carboxylic acids is 1. The Morgan fingerprint density at radius 2 is 1.86 bits per heavy atom. The van der Waals surface area contributed by atoms with Crippen LogP contribution in [0.15, 0.2) is 59.4 Å². The molecule has 1 fully saturated rings. The number of nitrogens with one attached hydrogen (secondary N) is 1. The first-order valence-electron chi connectivity index (χ1n) is 15.1. The first-order valence-corrected chi connectivity index (χ1v) is 15.1. The maximum atomic E-state index is 12.7. The highest BCUT2D eigenvalue weighted by atomic mass is 16.5. The fraction of sp³-hybridized carbons (Fsp3) is 0.500. The maximum Gasteiger partial charge on any atom is 0.343 e. The summed E-state index contributed by atoms with van der Waals surface area (Å²) in [6, 6.07) is 11.0. The van der Waals surface area contributed by atoms with Crippen LogP contribution in [0, 0.1) is 5.41 Å². The number of nitrogens with two attached hydrogens (primary N) is 1. The quantitative estimate of drug-likeness (QED) is 0.174. The molecule has 2 aliphatic rings. The molecule has 0 spiro atoms. The number of benzene rings is 1. The van der Waals surface area contributed by atoms with E-state index in [1.165, 1.54) is 6.08 Å². The Kier molecular flexibility index (Phi) is 9.19. The van der Waals surface area contributed by atoms with Crippen molar-refractivity contribution in [2.75, 3.05) is 24.6 Å². The van der Waals surface area contributed by atoms with E-state index in [0.29, 0.717) is 18.9 Å². The summed E-state index contributed by atoms with van der Waals surface area (Å²) in [5, 5.41) is 22.0. The molecule has 0 radical (unpaired) electrons. The number of allylic oxidation sites excluding steroid dienone is 1. The molecule has 3 heterocycles. The van der Waals surface area contributed by atoms with E-state index in [4.69, 9.17) is 15.2 Å². The number of ether oxygens (including phenoxy) is 2. The van der Waals surface area contributed by atoms with Gasteiger partial charge in [-0.25, -0.2) is 4.79 Å². The van der Waals surface area contributed by atoms with E-state index in [0.717, 1.165) is 67.4 Å². The van der Waals surface area contributed by atoms with E-state index in [1.807, 2.05) is 67.8 Å². The van der Waals surface area contributed by atoms with Crippen LogP contribution in [0.2, 0.25) is 0 Å². The van der Waals surface area contributed by atoms with Gasteiger partial charge in [0.15, 0.2) is 5.65 Å². The third-order valence-corrected chi connectivity index (χ3v) is 7.94. The number of pyridine rings is 1. The lowest BCUT2D eigenvalue weighted by Gasteiger charge is -2.32. The molecule has 1 saturated heterocycles. The second-order valence-corrected chi connectivity index (χ2v) is 12.3. The van der Waals surface area contributed by atoms with Crippen molar-refractivity contribution in [2.24, 2.45) is 16.1 Å². The van der Waals surface area contributed by atoms with E-state index in [-0.39, 0.29) is 23.7 Å². The van der Waals surface area contributed by atoms with Crippen LogP contribution in [0.5, 0.6) is 5.75 Å². The Hall–Kier alpha value is -4.12. The second kappa shape index (κ2) is 13.0. The highest BCUT2D eigenvalue weighted by Gasteiger charge is 2.30. The van der Waals surface area contributed by atoms with Crippen molar-refractivity contribution in [2.45, 2.75) is 78.0 Å². The Bertz CT molecular complexity index is 1480. The number of aromatic nitrogens is 3. The second-order valence-electron chi connectivity index (χ2n) is 12.3. The van der Waals surface area contributed by atoms with Crippen molar-refractivity contribution in [1.82, 2.24) is 19.9 Å². The van der Waals surface area contributed by atoms with Crippen LogP contribution in [0.3, 0.4) is 0 Å². The number of amides is 2. The molecular formula is C32H43N7O4. The zero-order valence-electron chi connectivity index (χ0n) is 25.5. The molecule has 2 atom stereocenters. The van der Waals surface area contributed by atoms with Crippen LogP contribution in [-0.2, 0) is 4.74 Å². The monoisotopic (exact) mass is 589 g/mol. The molecule has 0 bridgehead atoms. The van der Waals surface area contributed by atoms with Crippen LogP contribution in [-0.4, -0.2) is 57.4 Å². The smallest absolute Gasteiger partial charge is 0.343 e. The number of carbonyl (C=O) groups is 1. The lowest BCUT2D eigenvalue weighted by molar-refractivity contribution is 0.0373. The van der Waals surface area contributed by atoms with Crippen molar-refractivity contribution >= 4 is 23.5 Å². The van der Waals surface area contributed by atoms with E-state index in [9.17, 15) is 9.90 Å². The van der Waals surface area contributed by atoms with Gasteiger partial charge in [0, 0.05) is 31.2 Å². The molecule has 230 valence electrons. The van der Waals surface area contributed by atoms with Crippen LogP contribution in [0.25, 0.3) is 5.65 Å². The minimum Gasteiger partial charge on any atom is -0.512 e. The van der Waals surface area contributed by atoms with Gasteiger partial charge in [0.05, 0.1) is 18.3 Å². The van der Waals surface area contributed by atoms with Gasteiger partial charge >= 0.3 is 6.03 Å². The largest absolute Gasteiger partial charge is 0.512 e. The summed E-state index contributed by atoms with van der Waals surface area (Å²) in [7, 11) is 0. The number of aliphatic hydroxyl groups is 1. The molecular weight excluding hydrogens is 546 g/mol. The number of fused-ring (bicyclic) bond motifs is 2.